The predicted molar refractivity (Wildman–Crippen MR) is 128 cm³/mol. The summed E-state index contributed by atoms with van der Waals surface area (Å²) >= 11 is 1.33. The topological polar surface area (TPSA) is 109 Å². The third kappa shape index (κ3) is 4.63. The molecule has 0 aliphatic carbocycles. The summed E-state index contributed by atoms with van der Waals surface area (Å²) in [6, 6.07) is 11.5. The van der Waals surface area contributed by atoms with Crippen molar-refractivity contribution in [3.05, 3.63) is 72.8 Å². The number of hydrogen-bond donors (Lipinski definition) is 2. The number of urea groups is 1. The molecule has 2 amide bonds. The van der Waals surface area contributed by atoms with Gasteiger partial charge < -0.3 is 10.6 Å². The van der Waals surface area contributed by atoms with E-state index in [0.717, 1.165) is 10.6 Å². The average molecular weight is 471 g/mol. The van der Waals surface area contributed by atoms with E-state index in [1.165, 1.54) is 23.1 Å². The van der Waals surface area contributed by atoms with Gasteiger partial charge in [0.15, 0.2) is 0 Å². The van der Waals surface area contributed by atoms with Crippen molar-refractivity contribution in [3.63, 3.8) is 0 Å². The van der Waals surface area contributed by atoms with Crippen molar-refractivity contribution in [2.75, 3.05) is 22.0 Å². The number of aromatic nitrogens is 3. The second-order valence-electron chi connectivity index (χ2n) is 7.07. The number of aryl methyl sites for hydroxylation is 1. The minimum Gasteiger partial charge on any atom is -0.308 e. The summed E-state index contributed by atoms with van der Waals surface area (Å²) in [7, 11) is -0.227. The summed E-state index contributed by atoms with van der Waals surface area (Å²) in [6.07, 6.45) is 7.22. The van der Waals surface area contributed by atoms with Gasteiger partial charge in [0.2, 0.25) is 10.0 Å². The molecule has 2 N–H and O–H groups in total. The van der Waals surface area contributed by atoms with Gasteiger partial charge in [-0.3, -0.25) is 14.0 Å². The standard InChI is InChI=1S/C21H22N6O3S2/c1-26-18(11-14-23-26)19-7-8-20(31-19)32(29,30)27(2)17-5-3-15(4-6-17)24-21(28)25-16-9-12-22-13-10-16/h3-7,9-14,20H,8H2,1-2H3,(H2,22,24,25,28). The molecule has 0 radical (unpaired) electrons. The van der Waals surface area contributed by atoms with Gasteiger partial charge in [0.1, 0.15) is 4.58 Å². The second-order valence-corrected chi connectivity index (χ2v) is 10.8. The molecule has 0 saturated carbocycles. The minimum absolute atomic E-state index is 0.402. The van der Waals surface area contributed by atoms with Crippen LogP contribution in [0.3, 0.4) is 0 Å². The Kier molecular flexibility index (Phi) is 6.19. The summed E-state index contributed by atoms with van der Waals surface area (Å²) in [5.74, 6) is 0. The van der Waals surface area contributed by atoms with Crippen LogP contribution in [-0.4, -0.2) is 40.8 Å². The Hall–Kier alpha value is -3.31. The quantitative estimate of drug-likeness (QED) is 0.568. The first-order chi connectivity index (χ1) is 15.3. The number of hydrogen-bond acceptors (Lipinski definition) is 6. The molecule has 0 saturated heterocycles. The summed E-state index contributed by atoms with van der Waals surface area (Å²) in [6.45, 7) is 0. The van der Waals surface area contributed by atoms with Crippen molar-refractivity contribution in [2.45, 2.75) is 11.0 Å². The van der Waals surface area contributed by atoms with Gasteiger partial charge in [0.05, 0.1) is 11.4 Å². The molecule has 0 fully saturated rings. The zero-order valence-electron chi connectivity index (χ0n) is 17.5. The van der Waals surface area contributed by atoms with Gasteiger partial charge in [-0.25, -0.2) is 13.2 Å². The molecule has 0 bridgehead atoms. The number of benzene rings is 1. The van der Waals surface area contributed by atoms with Gasteiger partial charge in [-0.1, -0.05) is 6.08 Å². The maximum atomic E-state index is 13.2. The molecule has 2 aromatic heterocycles. The van der Waals surface area contributed by atoms with Crippen molar-refractivity contribution >= 4 is 49.8 Å². The van der Waals surface area contributed by atoms with Crippen LogP contribution in [0.5, 0.6) is 0 Å². The van der Waals surface area contributed by atoms with Crippen LogP contribution in [0.1, 0.15) is 12.1 Å². The highest BCUT2D eigenvalue weighted by molar-refractivity contribution is 8.19. The molecule has 3 heterocycles. The third-order valence-corrected chi connectivity index (χ3v) is 8.90. The number of thioether (sulfide) groups is 1. The molecular weight excluding hydrogens is 448 g/mol. The number of allylic oxidation sites excluding steroid dienone is 1. The number of anilines is 3. The number of nitrogens with one attached hydrogen (secondary N) is 2. The molecule has 11 heteroatoms. The highest BCUT2D eigenvalue weighted by Gasteiger charge is 2.35. The van der Waals surface area contributed by atoms with Crippen LogP contribution in [0.2, 0.25) is 0 Å². The van der Waals surface area contributed by atoms with Gasteiger partial charge in [-0.05, 0) is 48.9 Å². The highest BCUT2D eigenvalue weighted by Crippen LogP contribution is 2.42. The van der Waals surface area contributed by atoms with Crippen LogP contribution >= 0.6 is 11.8 Å². The van der Waals surface area contributed by atoms with Crippen LogP contribution in [0.4, 0.5) is 21.9 Å². The lowest BCUT2D eigenvalue weighted by molar-refractivity contribution is 0.262. The smallest absolute Gasteiger partial charge is 0.308 e. The number of amides is 2. The molecule has 166 valence electrons. The van der Waals surface area contributed by atoms with Crippen molar-refractivity contribution in [1.29, 1.82) is 0 Å². The van der Waals surface area contributed by atoms with Crippen LogP contribution < -0.4 is 14.9 Å². The zero-order chi connectivity index (χ0) is 22.7. The summed E-state index contributed by atoms with van der Waals surface area (Å²) in [5, 5.41) is 9.56. The number of sulfonamides is 1. The molecule has 0 spiro atoms. The Morgan fingerprint density at radius 1 is 1.06 bits per heavy atom. The van der Waals surface area contributed by atoms with Gasteiger partial charge >= 0.3 is 6.03 Å². The second kappa shape index (κ2) is 9.05. The highest BCUT2D eigenvalue weighted by atomic mass is 32.3. The summed E-state index contributed by atoms with van der Waals surface area (Å²) in [5.41, 5.74) is 2.57. The summed E-state index contributed by atoms with van der Waals surface area (Å²) in [4.78, 5) is 16.9. The molecule has 3 aromatic rings. The number of nitrogens with zero attached hydrogens (tertiary/aromatic N) is 4. The van der Waals surface area contributed by atoms with E-state index in [1.54, 1.807) is 59.7 Å². The van der Waals surface area contributed by atoms with E-state index in [-0.39, 0.29) is 0 Å². The molecule has 32 heavy (non-hydrogen) atoms. The number of pyridine rings is 1. The molecule has 4 rings (SSSR count). The Morgan fingerprint density at radius 2 is 1.72 bits per heavy atom. The molecule has 1 unspecified atom stereocenters. The Morgan fingerprint density at radius 3 is 2.34 bits per heavy atom. The lowest BCUT2D eigenvalue weighted by atomic mass is 10.3. The lowest BCUT2D eigenvalue weighted by Crippen LogP contribution is -2.33. The van der Waals surface area contributed by atoms with E-state index in [2.05, 4.69) is 20.7 Å². The van der Waals surface area contributed by atoms with E-state index < -0.39 is 20.6 Å². The normalized spacial score (nSPS) is 15.8. The molecule has 1 atom stereocenters. The van der Waals surface area contributed by atoms with Gasteiger partial charge in [-0.2, -0.15) is 5.10 Å². The van der Waals surface area contributed by atoms with Crippen molar-refractivity contribution in [3.8, 4) is 0 Å². The zero-order valence-corrected chi connectivity index (χ0v) is 19.1. The van der Waals surface area contributed by atoms with E-state index in [4.69, 9.17) is 0 Å². The first kappa shape index (κ1) is 21.9. The monoisotopic (exact) mass is 470 g/mol. The van der Waals surface area contributed by atoms with Crippen LogP contribution in [0, 0.1) is 0 Å². The maximum Gasteiger partial charge on any atom is 0.323 e. The van der Waals surface area contributed by atoms with Crippen LogP contribution in [-0.2, 0) is 17.1 Å². The third-order valence-electron chi connectivity index (χ3n) is 4.97. The van der Waals surface area contributed by atoms with E-state index >= 15 is 0 Å². The van der Waals surface area contributed by atoms with Crippen LogP contribution in [0.25, 0.3) is 4.91 Å². The van der Waals surface area contributed by atoms with Gasteiger partial charge in [0, 0.05) is 49.0 Å². The first-order valence-electron chi connectivity index (χ1n) is 9.75. The molecule has 1 aromatic carbocycles. The van der Waals surface area contributed by atoms with Crippen molar-refractivity contribution < 1.29 is 13.2 Å². The van der Waals surface area contributed by atoms with Gasteiger partial charge in [-0.15, -0.1) is 11.8 Å². The number of rotatable bonds is 6. The minimum atomic E-state index is -3.60. The van der Waals surface area contributed by atoms with Crippen LogP contribution in [0.15, 0.2) is 67.1 Å². The average Bonchev–Trinajstić information content (AvgIpc) is 3.43. The SMILES string of the molecule is CN(c1ccc(NC(=O)Nc2ccncc2)cc1)S(=O)(=O)C1CC=C(c2ccnn2C)S1. The number of carbonyl (C=O) groups is 1. The molecule has 9 nitrogen and oxygen atoms in total. The lowest BCUT2D eigenvalue weighted by Gasteiger charge is -2.23. The Bertz CT molecular complexity index is 1240. The maximum absolute atomic E-state index is 13.2. The van der Waals surface area contributed by atoms with Crippen molar-refractivity contribution in [1.82, 2.24) is 14.8 Å². The molecule has 1 aliphatic rings. The first-order valence-corrected chi connectivity index (χ1v) is 12.1. The predicted octanol–water partition coefficient (Wildman–Crippen LogP) is 3.73. The fraction of sp³-hybridized carbons (Fsp3) is 0.190. The Labute approximate surface area is 190 Å². The largest absolute Gasteiger partial charge is 0.323 e. The fourth-order valence-electron chi connectivity index (χ4n) is 3.21. The van der Waals surface area contributed by atoms with E-state index in [9.17, 15) is 13.2 Å². The van der Waals surface area contributed by atoms with Crippen molar-refractivity contribution in [2.24, 2.45) is 7.05 Å². The van der Waals surface area contributed by atoms with E-state index in [0.29, 0.717) is 23.5 Å². The van der Waals surface area contributed by atoms with Gasteiger partial charge in [0.25, 0.3) is 0 Å². The van der Waals surface area contributed by atoms with E-state index in [1.807, 2.05) is 19.2 Å². The molecule has 1 aliphatic heterocycles. The number of carbonyl (C=O) groups excluding carboxylic acids is 1. The fourth-order valence-corrected chi connectivity index (χ4v) is 6.49. The Balaban J connectivity index is 1.39. The summed E-state index contributed by atoms with van der Waals surface area (Å²) < 4.78 is 28.7. The molecular formula is C21H22N6O3S2.